The van der Waals surface area contributed by atoms with Crippen LogP contribution in [0.3, 0.4) is 0 Å². The Morgan fingerprint density at radius 3 is 2.65 bits per heavy atom. The number of halogens is 2. The summed E-state index contributed by atoms with van der Waals surface area (Å²) in [6.45, 7) is 2.26. The molecule has 0 amide bonds. The molecule has 1 N–H and O–H groups in total. The molecule has 0 aliphatic carbocycles. The Labute approximate surface area is 130 Å². The first-order valence-corrected chi connectivity index (χ1v) is 4.82. The van der Waals surface area contributed by atoms with Crippen molar-refractivity contribution in [3.8, 4) is 0 Å². The predicted molar refractivity (Wildman–Crippen MR) is 74.4 cm³/mol. The van der Waals surface area contributed by atoms with E-state index in [9.17, 15) is 4.79 Å². The first-order chi connectivity index (χ1) is 6.81. The van der Waals surface area contributed by atoms with Gasteiger partial charge in [-0.2, -0.15) is 0 Å². The van der Waals surface area contributed by atoms with Crippen molar-refractivity contribution in [2.24, 2.45) is 0 Å². The fourth-order valence-corrected chi connectivity index (χ4v) is 1.68. The zero-order valence-corrected chi connectivity index (χ0v) is 13.9. The van der Waals surface area contributed by atoms with E-state index in [2.05, 4.69) is 5.32 Å². The molecule has 1 aromatic rings. The molecular formula is C11H15Cl2NO2Sn. The molecule has 0 saturated carbocycles. The summed E-state index contributed by atoms with van der Waals surface area (Å²) in [5.74, 6) is -0.163. The molecule has 3 nitrogen and oxygen atoms in total. The van der Waals surface area contributed by atoms with Crippen molar-refractivity contribution in [3.63, 3.8) is 0 Å². The van der Waals surface area contributed by atoms with Gasteiger partial charge in [-0.1, -0.05) is 18.2 Å². The molecule has 1 heterocycles. The molecular weight excluding hydrogens is 368 g/mol. The van der Waals surface area contributed by atoms with Gasteiger partial charge in [-0.3, -0.25) is 0 Å². The van der Waals surface area contributed by atoms with Crippen LogP contribution in [0, 0.1) is 0 Å². The minimum atomic E-state index is -0.202. The molecule has 4 radical (unpaired) electrons. The standard InChI is InChI=1S/C11H13NO2.2ClH.Sn/c1-2-14-11(13)10-7-8-5-3-4-6-9(8)12-10;;;/h3-6,10,12H,2,7H2,1H3;2*1H;. The molecule has 0 bridgehead atoms. The normalized spacial score (nSPS) is 15.2. The van der Waals surface area contributed by atoms with E-state index >= 15 is 0 Å². The molecule has 1 aromatic carbocycles. The Morgan fingerprint density at radius 2 is 2.06 bits per heavy atom. The third-order valence-corrected chi connectivity index (χ3v) is 2.34. The smallest absolute Gasteiger partial charge is 0.328 e. The molecule has 6 heteroatoms. The van der Waals surface area contributed by atoms with E-state index in [4.69, 9.17) is 4.74 Å². The zero-order valence-electron chi connectivity index (χ0n) is 9.43. The van der Waals surface area contributed by atoms with Crippen LogP contribution >= 0.6 is 24.8 Å². The SMILES string of the molecule is CCOC(=O)C1Cc2ccccc2N1.Cl.Cl.[Sn]. The second kappa shape index (κ2) is 8.89. The summed E-state index contributed by atoms with van der Waals surface area (Å²) in [6.07, 6.45) is 0.731. The number of carbonyl (C=O) groups excluding carboxylic acids is 1. The molecule has 1 aliphatic heterocycles. The maximum atomic E-state index is 11.4. The Bertz CT molecular complexity index is 338. The summed E-state index contributed by atoms with van der Waals surface area (Å²) in [6, 6.07) is 7.75. The first kappa shape index (κ1) is 19.2. The van der Waals surface area contributed by atoms with E-state index in [1.165, 1.54) is 5.56 Å². The number of hydrogen-bond acceptors (Lipinski definition) is 3. The molecule has 1 aliphatic rings. The van der Waals surface area contributed by atoms with Crippen LogP contribution in [0.1, 0.15) is 12.5 Å². The number of hydrogen-bond donors (Lipinski definition) is 1. The minimum Gasteiger partial charge on any atom is -0.464 e. The van der Waals surface area contributed by atoms with Crippen molar-refractivity contribution in [3.05, 3.63) is 29.8 Å². The molecule has 2 rings (SSSR count). The predicted octanol–water partition coefficient (Wildman–Crippen LogP) is 2.05. The van der Waals surface area contributed by atoms with Crippen molar-refractivity contribution in [1.29, 1.82) is 0 Å². The van der Waals surface area contributed by atoms with E-state index in [1.807, 2.05) is 31.2 Å². The Morgan fingerprint density at radius 1 is 1.41 bits per heavy atom. The fourth-order valence-electron chi connectivity index (χ4n) is 1.68. The van der Waals surface area contributed by atoms with Gasteiger partial charge in [-0.15, -0.1) is 24.8 Å². The topological polar surface area (TPSA) is 38.3 Å². The number of carbonyl (C=O) groups is 1. The Kier molecular flexibility index (Phi) is 10.0. The summed E-state index contributed by atoms with van der Waals surface area (Å²) in [7, 11) is 0. The van der Waals surface area contributed by atoms with Gasteiger partial charge in [0.25, 0.3) is 0 Å². The summed E-state index contributed by atoms with van der Waals surface area (Å²) < 4.78 is 4.96. The molecule has 1 atom stereocenters. The van der Waals surface area contributed by atoms with E-state index < -0.39 is 0 Å². The number of para-hydroxylation sites is 1. The summed E-state index contributed by atoms with van der Waals surface area (Å²) in [5.41, 5.74) is 2.23. The van der Waals surface area contributed by atoms with Gasteiger partial charge in [-0.25, -0.2) is 4.79 Å². The van der Waals surface area contributed by atoms with E-state index in [0.717, 1.165) is 12.1 Å². The second-order valence-electron chi connectivity index (χ2n) is 3.31. The van der Waals surface area contributed by atoms with E-state index in [1.54, 1.807) is 0 Å². The molecule has 0 spiro atoms. The quantitative estimate of drug-likeness (QED) is 0.628. The Balaban J connectivity index is 0. The van der Waals surface area contributed by atoms with Crippen LogP contribution < -0.4 is 5.32 Å². The van der Waals surface area contributed by atoms with Crippen molar-refractivity contribution in [2.45, 2.75) is 19.4 Å². The third kappa shape index (κ3) is 4.56. The van der Waals surface area contributed by atoms with Crippen LogP contribution in [-0.4, -0.2) is 42.5 Å². The van der Waals surface area contributed by atoms with Crippen molar-refractivity contribution in [1.82, 2.24) is 0 Å². The van der Waals surface area contributed by atoms with Crippen LogP contribution in [0.25, 0.3) is 0 Å². The number of anilines is 1. The van der Waals surface area contributed by atoms with Crippen molar-refractivity contribution >= 4 is 60.4 Å². The van der Waals surface area contributed by atoms with Gasteiger partial charge in [0.1, 0.15) is 6.04 Å². The first-order valence-electron chi connectivity index (χ1n) is 4.82. The van der Waals surface area contributed by atoms with Gasteiger partial charge in [0, 0.05) is 36.0 Å². The van der Waals surface area contributed by atoms with Gasteiger partial charge in [0.05, 0.1) is 6.61 Å². The van der Waals surface area contributed by atoms with Crippen LogP contribution in [-0.2, 0) is 16.0 Å². The summed E-state index contributed by atoms with van der Waals surface area (Å²) in [4.78, 5) is 11.4. The Hall–Kier alpha value is -0.131. The van der Waals surface area contributed by atoms with Gasteiger partial charge in [0.2, 0.25) is 0 Å². The van der Waals surface area contributed by atoms with Gasteiger partial charge in [-0.05, 0) is 18.6 Å². The summed E-state index contributed by atoms with van der Waals surface area (Å²) >= 11 is 0. The average molecular weight is 383 g/mol. The molecule has 0 aromatic heterocycles. The molecule has 17 heavy (non-hydrogen) atoms. The number of ether oxygens (including phenoxy) is 1. The average Bonchev–Trinajstić information content (AvgIpc) is 2.61. The van der Waals surface area contributed by atoms with E-state index in [0.29, 0.717) is 6.61 Å². The number of fused-ring (bicyclic) bond motifs is 1. The molecule has 1 unspecified atom stereocenters. The van der Waals surface area contributed by atoms with Crippen molar-refractivity contribution in [2.75, 3.05) is 11.9 Å². The molecule has 0 saturated heterocycles. The van der Waals surface area contributed by atoms with Gasteiger partial charge in [0.15, 0.2) is 0 Å². The number of nitrogens with one attached hydrogen (secondary N) is 1. The maximum absolute atomic E-state index is 11.4. The van der Waals surface area contributed by atoms with Crippen LogP contribution in [0.4, 0.5) is 5.69 Å². The monoisotopic (exact) mass is 383 g/mol. The number of benzene rings is 1. The maximum Gasteiger partial charge on any atom is 0.328 e. The van der Waals surface area contributed by atoms with Crippen LogP contribution in [0.15, 0.2) is 24.3 Å². The van der Waals surface area contributed by atoms with E-state index in [-0.39, 0.29) is 60.7 Å². The van der Waals surface area contributed by atoms with Gasteiger partial charge < -0.3 is 10.1 Å². The fraction of sp³-hybridized carbons (Fsp3) is 0.364. The van der Waals surface area contributed by atoms with Crippen LogP contribution in [0.5, 0.6) is 0 Å². The molecule has 0 fully saturated rings. The van der Waals surface area contributed by atoms with Crippen LogP contribution in [0.2, 0.25) is 0 Å². The van der Waals surface area contributed by atoms with Crippen molar-refractivity contribution < 1.29 is 9.53 Å². The number of esters is 1. The summed E-state index contributed by atoms with van der Waals surface area (Å²) in [5, 5.41) is 3.14. The third-order valence-electron chi connectivity index (χ3n) is 2.34. The largest absolute Gasteiger partial charge is 0.464 e. The number of rotatable bonds is 2. The zero-order chi connectivity index (χ0) is 9.97. The second-order valence-corrected chi connectivity index (χ2v) is 3.31. The van der Waals surface area contributed by atoms with Gasteiger partial charge >= 0.3 is 5.97 Å². The molecule has 94 valence electrons. The minimum absolute atomic E-state index is 0.